The largest absolute Gasteiger partial charge is 0.393 e. The number of nitrogens with zero attached hydrogens (tertiary/aromatic N) is 2. The molecule has 1 aliphatic heterocycles. The van der Waals surface area contributed by atoms with Crippen LogP contribution in [0.1, 0.15) is 6.23 Å². The van der Waals surface area contributed by atoms with Gasteiger partial charge in [-0.15, -0.1) is 5.73 Å². The Morgan fingerprint density at radius 2 is 2.38 bits per heavy atom. The predicted octanol–water partition coefficient (Wildman–Crippen LogP) is -0.735. The summed E-state index contributed by atoms with van der Waals surface area (Å²) in [5, 5.41) is 19.2. The van der Waals surface area contributed by atoms with Gasteiger partial charge in [0.1, 0.15) is 11.7 Å². The number of hydrogen-bond acceptors (Lipinski definition) is 6. The minimum absolute atomic E-state index is 0.522. The Bertz CT molecular complexity index is 658. The SMILES string of the molecule is C=C=C[C@]1(CO)O[C@@H](n2cc(F)c(N)nc2=O)[C@@H](F)[C@@H]1O. The number of aliphatic hydroxyl groups is 2. The van der Waals surface area contributed by atoms with Crippen LogP contribution in [0.3, 0.4) is 0 Å². The van der Waals surface area contributed by atoms with E-state index < -0.39 is 48.0 Å². The molecule has 7 nitrogen and oxygen atoms in total. The number of aromatic nitrogens is 2. The quantitative estimate of drug-likeness (QED) is 0.635. The molecule has 21 heavy (non-hydrogen) atoms. The number of aliphatic hydroxyl groups excluding tert-OH is 2. The van der Waals surface area contributed by atoms with Gasteiger partial charge in [0.15, 0.2) is 24.0 Å². The summed E-state index contributed by atoms with van der Waals surface area (Å²) in [4.78, 5) is 14.8. The standard InChI is InChI=1S/C12H13F2N3O4/c1-2-3-12(5-18)8(19)7(14)10(21-12)17-4-6(13)9(15)16-11(17)20/h3-4,7-8,10,18-19H,1,5H2,(H2,15,16,20)/t7-,8-,10+,12+/m0/s1. The molecular formula is C12H13F2N3O4. The van der Waals surface area contributed by atoms with Gasteiger partial charge in [0.25, 0.3) is 0 Å². The lowest BCUT2D eigenvalue weighted by atomic mass is 9.96. The summed E-state index contributed by atoms with van der Waals surface area (Å²) in [5.41, 5.74) is 4.52. The Kier molecular flexibility index (Phi) is 3.93. The number of nitrogen functional groups attached to an aromatic ring is 1. The van der Waals surface area contributed by atoms with Crippen LogP contribution in [0.2, 0.25) is 0 Å². The zero-order chi connectivity index (χ0) is 15.8. The Balaban J connectivity index is 2.50. The molecule has 114 valence electrons. The third-order valence-electron chi connectivity index (χ3n) is 3.22. The third kappa shape index (κ3) is 2.36. The molecule has 0 unspecified atom stereocenters. The number of alkyl halides is 1. The van der Waals surface area contributed by atoms with E-state index >= 15 is 0 Å². The lowest BCUT2D eigenvalue weighted by molar-refractivity contribution is -0.0984. The van der Waals surface area contributed by atoms with Crippen molar-refractivity contribution >= 4 is 5.82 Å². The number of ether oxygens (including phenoxy) is 1. The van der Waals surface area contributed by atoms with Gasteiger partial charge in [-0.05, 0) is 6.08 Å². The molecule has 0 radical (unpaired) electrons. The van der Waals surface area contributed by atoms with Gasteiger partial charge in [-0.3, -0.25) is 4.57 Å². The summed E-state index contributed by atoms with van der Waals surface area (Å²) in [6.45, 7) is 2.47. The highest BCUT2D eigenvalue weighted by Crippen LogP contribution is 2.39. The molecule has 0 saturated carbocycles. The number of anilines is 1. The average molecular weight is 301 g/mol. The molecular weight excluding hydrogens is 288 g/mol. The van der Waals surface area contributed by atoms with Crippen molar-refractivity contribution in [3.63, 3.8) is 0 Å². The van der Waals surface area contributed by atoms with Crippen molar-refractivity contribution in [1.82, 2.24) is 9.55 Å². The van der Waals surface area contributed by atoms with Crippen LogP contribution in [0.4, 0.5) is 14.6 Å². The van der Waals surface area contributed by atoms with Gasteiger partial charge in [0.2, 0.25) is 0 Å². The van der Waals surface area contributed by atoms with E-state index in [-0.39, 0.29) is 0 Å². The first-order chi connectivity index (χ1) is 9.86. The minimum Gasteiger partial charge on any atom is -0.393 e. The number of nitrogens with two attached hydrogens (primary N) is 1. The van der Waals surface area contributed by atoms with Crippen LogP contribution in [0.15, 0.2) is 29.4 Å². The van der Waals surface area contributed by atoms with Crippen LogP contribution in [-0.4, -0.2) is 44.2 Å². The third-order valence-corrected chi connectivity index (χ3v) is 3.22. The molecule has 0 bridgehead atoms. The molecule has 1 saturated heterocycles. The fourth-order valence-corrected chi connectivity index (χ4v) is 2.10. The first kappa shape index (κ1) is 15.3. The number of hydrogen-bond donors (Lipinski definition) is 3. The van der Waals surface area contributed by atoms with Crippen LogP contribution in [-0.2, 0) is 4.74 Å². The first-order valence-electron chi connectivity index (χ1n) is 5.88. The summed E-state index contributed by atoms with van der Waals surface area (Å²) in [6.07, 6.45) is -3.92. The maximum Gasteiger partial charge on any atom is 0.351 e. The fraction of sp³-hybridized carbons (Fsp3) is 0.417. The van der Waals surface area contributed by atoms with Crippen LogP contribution >= 0.6 is 0 Å². The zero-order valence-corrected chi connectivity index (χ0v) is 10.7. The first-order valence-corrected chi connectivity index (χ1v) is 5.88. The normalized spacial score (nSPS) is 31.9. The lowest BCUT2D eigenvalue weighted by Gasteiger charge is -2.25. The lowest BCUT2D eigenvalue weighted by Crippen LogP contribution is -2.43. The molecule has 0 amide bonds. The van der Waals surface area contributed by atoms with E-state index in [4.69, 9.17) is 10.5 Å². The average Bonchev–Trinajstić information content (AvgIpc) is 2.69. The molecule has 0 spiro atoms. The van der Waals surface area contributed by atoms with Gasteiger partial charge in [0, 0.05) is 0 Å². The van der Waals surface area contributed by atoms with Gasteiger partial charge < -0.3 is 20.7 Å². The Hall–Kier alpha value is -2.06. The summed E-state index contributed by atoms with van der Waals surface area (Å²) in [7, 11) is 0. The van der Waals surface area contributed by atoms with Crippen molar-refractivity contribution in [2.45, 2.75) is 24.1 Å². The highest BCUT2D eigenvalue weighted by molar-refractivity contribution is 5.26. The highest BCUT2D eigenvalue weighted by atomic mass is 19.1. The van der Waals surface area contributed by atoms with E-state index in [1.165, 1.54) is 0 Å². The van der Waals surface area contributed by atoms with Gasteiger partial charge in [-0.25, -0.2) is 13.6 Å². The fourth-order valence-electron chi connectivity index (χ4n) is 2.10. The van der Waals surface area contributed by atoms with Crippen molar-refractivity contribution in [3.05, 3.63) is 40.9 Å². The Morgan fingerprint density at radius 1 is 1.71 bits per heavy atom. The molecule has 4 atom stereocenters. The second-order valence-electron chi connectivity index (χ2n) is 4.52. The van der Waals surface area contributed by atoms with Crippen LogP contribution in [0.25, 0.3) is 0 Å². The molecule has 2 heterocycles. The maximum absolute atomic E-state index is 14.2. The minimum atomic E-state index is -2.11. The van der Waals surface area contributed by atoms with E-state index in [1.807, 2.05) is 0 Å². The number of rotatable bonds is 3. The van der Waals surface area contributed by atoms with Gasteiger partial charge >= 0.3 is 5.69 Å². The smallest absolute Gasteiger partial charge is 0.351 e. The molecule has 1 aromatic rings. The maximum atomic E-state index is 14.2. The molecule has 0 aliphatic carbocycles. The van der Waals surface area contributed by atoms with E-state index in [2.05, 4.69) is 17.3 Å². The monoisotopic (exact) mass is 301 g/mol. The molecule has 1 fully saturated rings. The second-order valence-corrected chi connectivity index (χ2v) is 4.52. The topological polar surface area (TPSA) is 111 Å². The van der Waals surface area contributed by atoms with E-state index in [9.17, 15) is 23.8 Å². The van der Waals surface area contributed by atoms with Crippen LogP contribution in [0, 0.1) is 5.82 Å². The van der Waals surface area contributed by atoms with E-state index in [1.54, 1.807) is 0 Å². The van der Waals surface area contributed by atoms with Gasteiger partial charge in [-0.1, -0.05) is 6.58 Å². The molecule has 0 aromatic carbocycles. The molecule has 1 aliphatic rings. The second kappa shape index (κ2) is 5.38. The molecule has 4 N–H and O–H groups in total. The summed E-state index contributed by atoms with van der Waals surface area (Å²) < 4.78 is 33.3. The zero-order valence-electron chi connectivity index (χ0n) is 10.7. The van der Waals surface area contributed by atoms with Crippen molar-refractivity contribution in [3.8, 4) is 0 Å². The van der Waals surface area contributed by atoms with Crippen molar-refractivity contribution in [1.29, 1.82) is 0 Å². The Morgan fingerprint density at radius 3 is 2.95 bits per heavy atom. The van der Waals surface area contributed by atoms with Crippen LogP contribution in [0.5, 0.6) is 0 Å². The molecule has 2 rings (SSSR count). The van der Waals surface area contributed by atoms with Crippen LogP contribution < -0.4 is 11.4 Å². The predicted molar refractivity (Wildman–Crippen MR) is 67.4 cm³/mol. The molecule has 1 aromatic heterocycles. The van der Waals surface area contributed by atoms with Gasteiger partial charge in [0.05, 0.1) is 12.8 Å². The summed E-state index contributed by atoms with van der Waals surface area (Å²) >= 11 is 0. The highest BCUT2D eigenvalue weighted by Gasteiger charge is 2.55. The van der Waals surface area contributed by atoms with E-state index in [0.29, 0.717) is 10.8 Å². The van der Waals surface area contributed by atoms with E-state index in [0.717, 1.165) is 6.08 Å². The summed E-state index contributed by atoms with van der Waals surface area (Å²) in [5.74, 6) is -1.68. The van der Waals surface area contributed by atoms with Crippen molar-refractivity contribution in [2.24, 2.45) is 0 Å². The van der Waals surface area contributed by atoms with Crippen molar-refractivity contribution in [2.75, 3.05) is 12.3 Å². The molecule has 9 heteroatoms. The summed E-state index contributed by atoms with van der Waals surface area (Å²) in [6, 6.07) is 0. The van der Waals surface area contributed by atoms with Crippen molar-refractivity contribution < 1.29 is 23.7 Å². The number of halogens is 2. The van der Waals surface area contributed by atoms with Gasteiger partial charge in [-0.2, -0.15) is 4.98 Å². The Labute approximate surface area is 117 Å².